The second-order valence-electron chi connectivity index (χ2n) is 8.11. The molecule has 1 N–H and O–H groups in total. The van der Waals surface area contributed by atoms with Crippen molar-refractivity contribution in [3.63, 3.8) is 0 Å². The van der Waals surface area contributed by atoms with E-state index in [4.69, 9.17) is 0 Å². The summed E-state index contributed by atoms with van der Waals surface area (Å²) in [5.74, 6) is -0.128. The molecule has 0 bridgehead atoms. The molecular formula is C25H27N3O2S. The molecule has 0 aliphatic carbocycles. The molecule has 2 heterocycles. The van der Waals surface area contributed by atoms with Crippen LogP contribution >= 0.6 is 11.3 Å². The molecule has 1 saturated heterocycles. The summed E-state index contributed by atoms with van der Waals surface area (Å²) >= 11 is 1.63. The molecule has 3 aromatic rings. The highest BCUT2D eigenvalue weighted by Crippen LogP contribution is 2.27. The normalized spacial score (nSPS) is 15.8. The maximum absolute atomic E-state index is 13.2. The zero-order chi connectivity index (χ0) is 22.0. The first-order valence-electron chi connectivity index (χ1n) is 10.6. The van der Waals surface area contributed by atoms with Crippen molar-refractivity contribution in [3.05, 3.63) is 75.9 Å². The maximum Gasteiger partial charge on any atom is 0.255 e. The van der Waals surface area contributed by atoms with Crippen molar-refractivity contribution >= 4 is 23.2 Å². The summed E-state index contributed by atoms with van der Waals surface area (Å²) in [5, 5.41) is 3.03. The van der Waals surface area contributed by atoms with Crippen LogP contribution in [0, 0.1) is 20.8 Å². The fraction of sp³-hybridized carbons (Fsp3) is 0.320. The summed E-state index contributed by atoms with van der Waals surface area (Å²) in [5.41, 5.74) is 7.67. The van der Waals surface area contributed by atoms with E-state index in [2.05, 4.69) is 22.4 Å². The predicted molar refractivity (Wildman–Crippen MR) is 124 cm³/mol. The number of carbonyl (C=O) groups excluding carboxylic acids is 2. The van der Waals surface area contributed by atoms with Crippen molar-refractivity contribution in [2.24, 2.45) is 0 Å². The Morgan fingerprint density at radius 3 is 2.45 bits per heavy atom. The summed E-state index contributed by atoms with van der Waals surface area (Å²) in [6.45, 7) is 6.97. The Balaban J connectivity index is 1.41. The average molecular weight is 434 g/mol. The van der Waals surface area contributed by atoms with Crippen molar-refractivity contribution in [2.45, 2.75) is 46.2 Å². The van der Waals surface area contributed by atoms with Crippen LogP contribution in [0.1, 0.15) is 45.6 Å². The minimum atomic E-state index is -0.411. The molecule has 0 radical (unpaired) electrons. The Morgan fingerprint density at radius 1 is 1.10 bits per heavy atom. The Labute approximate surface area is 187 Å². The average Bonchev–Trinajstić information content (AvgIpc) is 3.41. The Kier molecular flexibility index (Phi) is 6.18. The second-order valence-corrected chi connectivity index (χ2v) is 8.96. The molecule has 1 unspecified atom stereocenters. The number of hydrogen-bond donors (Lipinski definition) is 1. The van der Waals surface area contributed by atoms with E-state index in [9.17, 15) is 9.59 Å². The summed E-state index contributed by atoms with van der Waals surface area (Å²) in [4.78, 5) is 33.3. The van der Waals surface area contributed by atoms with Crippen LogP contribution in [0.25, 0.3) is 10.4 Å². The van der Waals surface area contributed by atoms with Crippen LogP contribution in [0.4, 0.5) is 0 Å². The minimum absolute atomic E-state index is 0.0440. The van der Waals surface area contributed by atoms with Gasteiger partial charge >= 0.3 is 0 Å². The van der Waals surface area contributed by atoms with Gasteiger partial charge in [0.05, 0.1) is 16.1 Å². The van der Waals surface area contributed by atoms with Gasteiger partial charge in [-0.3, -0.25) is 9.59 Å². The summed E-state index contributed by atoms with van der Waals surface area (Å²) < 4.78 is 0. The van der Waals surface area contributed by atoms with Crippen molar-refractivity contribution in [2.75, 3.05) is 6.54 Å². The number of benzene rings is 2. The van der Waals surface area contributed by atoms with Crippen LogP contribution in [-0.2, 0) is 11.3 Å². The van der Waals surface area contributed by atoms with Crippen molar-refractivity contribution in [1.82, 2.24) is 15.2 Å². The lowest BCUT2D eigenvalue weighted by Crippen LogP contribution is -2.46. The molecule has 2 aromatic carbocycles. The van der Waals surface area contributed by atoms with Gasteiger partial charge in [-0.2, -0.15) is 0 Å². The lowest BCUT2D eigenvalue weighted by molar-refractivity contribution is -0.125. The molecule has 2 amide bonds. The Hall–Kier alpha value is -2.99. The second kappa shape index (κ2) is 9.02. The van der Waals surface area contributed by atoms with Gasteiger partial charge in [-0.05, 0) is 55.9 Å². The number of rotatable bonds is 5. The standard InChI is InChI=1S/C25H27N3O2S/c1-16-6-4-7-17(2)22(16)25(30)28-13-5-8-21(28)24(29)26-14-19-9-11-20(12-10-19)23-18(3)27-15-31-23/h4,6-7,9-12,15,21H,5,8,13-14H2,1-3H3,(H,26,29). The van der Waals surface area contributed by atoms with Crippen molar-refractivity contribution < 1.29 is 9.59 Å². The molecule has 1 atom stereocenters. The van der Waals surface area contributed by atoms with Gasteiger partial charge in [0.2, 0.25) is 5.91 Å². The van der Waals surface area contributed by atoms with Crippen LogP contribution in [-0.4, -0.2) is 34.3 Å². The van der Waals surface area contributed by atoms with E-state index in [1.165, 1.54) is 4.88 Å². The fourth-order valence-electron chi connectivity index (χ4n) is 4.24. The Bertz CT molecular complexity index is 1080. The van der Waals surface area contributed by atoms with Gasteiger partial charge in [0, 0.05) is 18.7 Å². The quantitative estimate of drug-likeness (QED) is 0.637. The Morgan fingerprint density at radius 2 is 1.81 bits per heavy atom. The first kappa shape index (κ1) is 21.2. The number of amides is 2. The highest BCUT2D eigenvalue weighted by molar-refractivity contribution is 7.13. The number of carbonyl (C=O) groups is 2. The lowest BCUT2D eigenvalue weighted by atomic mass is 10.0. The molecule has 0 saturated carbocycles. The van der Waals surface area contributed by atoms with Gasteiger partial charge in [-0.1, -0.05) is 42.5 Å². The zero-order valence-electron chi connectivity index (χ0n) is 18.1. The van der Waals surface area contributed by atoms with E-state index in [-0.39, 0.29) is 11.8 Å². The van der Waals surface area contributed by atoms with E-state index >= 15 is 0 Å². The van der Waals surface area contributed by atoms with Gasteiger partial charge < -0.3 is 10.2 Å². The zero-order valence-corrected chi connectivity index (χ0v) is 19.0. The number of likely N-dealkylation sites (tertiary alicyclic amines) is 1. The summed E-state index contributed by atoms with van der Waals surface area (Å²) in [6.07, 6.45) is 1.55. The van der Waals surface area contributed by atoms with Crippen LogP contribution in [0.5, 0.6) is 0 Å². The number of nitrogens with zero attached hydrogens (tertiary/aromatic N) is 2. The maximum atomic E-state index is 13.2. The van der Waals surface area contributed by atoms with E-state index in [1.807, 2.05) is 56.6 Å². The van der Waals surface area contributed by atoms with Crippen molar-refractivity contribution in [3.8, 4) is 10.4 Å². The highest BCUT2D eigenvalue weighted by atomic mass is 32.1. The smallest absolute Gasteiger partial charge is 0.255 e. The van der Waals surface area contributed by atoms with Gasteiger partial charge in [-0.25, -0.2) is 4.98 Å². The summed E-state index contributed by atoms with van der Waals surface area (Å²) in [6, 6.07) is 13.6. The third kappa shape index (κ3) is 4.39. The van der Waals surface area contributed by atoms with E-state index in [0.717, 1.165) is 39.9 Å². The molecule has 1 aliphatic heterocycles. The number of aryl methyl sites for hydroxylation is 3. The molecule has 31 heavy (non-hydrogen) atoms. The van der Waals surface area contributed by atoms with E-state index in [0.29, 0.717) is 19.5 Å². The fourth-order valence-corrected chi connectivity index (χ4v) is 5.05. The minimum Gasteiger partial charge on any atom is -0.350 e. The third-order valence-corrected chi connectivity index (χ3v) is 6.92. The monoisotopic (exact) mass is 433 g/mol. The van der Waals surface area contributed by atoms with E-state index < -0.39 is 6.04 Å². The first-order chi connectivity index (χ1) is 15.0. The molecule has 4 rings (SSSR count). The first-order valence-corrected chi connectivity index (χ1v) is 11.5. The third-order valence-electron chi connectivity index (χ3n) is 5.94. The summed E-state index contributed by atoms with van der Waals surface area (Å²) in [7, 11) is 0. The molecule has 6 heteroatoms. The number of nitrogens with one attached hydrogen (secondary N) is 1. The molecule has 1 aliphatic rings. The highest BCUT2D eigenvalue weighted by Gasteiger charge is 2.35. The lowest BCUT2D eigenvalue weighted by Gasteiger charge is -2.25. The number of thiazole rings is 1. The molecule has 5 nitrogen and oxygen atoms in total. The van der Waals surface area contributed by atoms with Gasteiger partial charge in [0.15, 0.2) is 0 Å². The number of hydrogen-bond acceptors (Lipinski definition) is 4. The van der Waals surface area contributed by atoms with Gasteiger partial charge in [0.1, 0.15) is 6.04 Å². The molecule has 160 valence electrons. The van der Waals surface area contributed by atoms with Crippen LogP contribution in [0.3, 0.4) is 0 Å². The molecule has 1 fully saturated rings. The topological polar surface area (TPSA) is 62.3 Å². The van der Waals surface area contributed by atoms with Crippen LogP contribution < -0.4 is 5.32 Å². The van der Waals surface area contributed by atoms with Crippen LogP contribution in [0.15, 0.2) is 48.0 Å². The van der Waals surface area contributed by atoms with Crippen molar-refractivity contribution in [1.29, 1.82) is 0 Å². The molecule has 1 aromatic heterocycles. The van der Waals surface area contributed by atoms with E-state index in [1.54, 1.807) is 16.2 Å². The SMILES string of the molecule is Cc1cccc(C)c1C(=O)N1CCCC1C(=O)NCc1ccc(-c2scnc2C)cc1. The predicted octanol–water partition coefficient (Wildman–Crippen LogP) is 4.66. The van der Waals surface area contributed by atoms with Gasteiger partial charge in [0.25, 0.3) is 5.91 Å². The van der Waals surface area contributed by atoms with Gasteiger partial charge in [-0.15, -0.1) is 11.3 Å². The largest absolute Gasteiger partial charge is 0.350 e. The number of aromatic nitrogens is 1. The van der Waals surface area contributed by atoms with Crippen LogP contribution in [0.2, 0.25) is 0 Å². The molecule has 0 spiro atoms. The molecular weight excluding hydrogens is 406 g/mol.